The third-order valence-corrected chi connectivity index (χ3v) is 3.34. The van der Waals surface area contributed by atoms with E-state index in [1.807, 2.05) is 13.0 Å². The Morgan fingerprint density at radius 1 is 1.27 bits per heavy atom. The van der Waals surface area contributed by atoms with Crippen molar-refractivity contribution < 1.29 is 0 Å². The second-order valence-electron chi connectivity index (χ2n) is 3.86. The average molecular weight is 223 g/mol. The Labute approximate surface area is 94.4 Å². The van der Waals surface area contributed by atoms with Crippen LogP contribution in [0.4, 0.5) is 0 Å². The van der Waals surface area contributed by atoms with Crippen molar-refractivity contribution in [2.24, 2.45) is 5.73 Å². The van der Waals surface area contributed by atoms with Crippen LogP contribution in [0, 0.1) is 13.8 Å². The molecule has 0 spiro atoms. The maximum Gasteiger partial charge on any atom is 0.0503 e. The van der Waals surface area contributed by atoms with Crippen molar-refractivity contribution in [2.45, 2.75) is 20.3 Å². The molecular weight excluding hydrogens is 208 g/mol. The maximum atomic E-state index is 6.08. The summed E-state index contributed by atoms with van der Waals surface area (Å²) in [7, 11) is 0. The summed E-state index contributed by atoms with van der Waals surface area (Å²) in [6.45, 7) is 4.82. The zero-order valence-electron chi connectivity index (χ0n) is 9.02. The number of aromatic nitrogens is 1. The van der Waals surface area contributed by atoms with Crippen LogP contribution in [0.25, 0.3) is 10.9 Å². The Balaban J connectivity index is 2.70. The molecule has 3 N–H and O–H groups in total. The first-order chi connectivity index (χ1) is 7.15. The lowest BCUT2D eigenvalue weighted by Crippen LogP contribution is -2.03. The molecule has 0 radical (unpaired) electrons. The second-order valence-corrected chi connectivity index (χ2v) is 4.27. The smallest absolute Gasteiger partial charge is 0.0503 e. The molecule has 15 heavy (non-hydrogen) atoms. The summed E-state index contributed by atoms with van der Waals surface area (Å²) in [5.41, 5.74) is 10.3. The Bertz CT molecular complexity index is 500. The Kier molecular flexibility index (Phi) is 2.72. The van der Waals surface area contributed by atoms with E-state index in [9.17, 15) is 0 Å². The molecule has 1 aromatic carbocycles. The average Bonchev–Trinajstić information content (AvgIpc) is 2.52. The number of aromatic amines is 1. The van der Waals surface area contributed by atoms with Crippen LogP contribution in [0.1, 0.15) is 16.8 Å². The van der Waals surface area contributed by atoms with E-state index in [4.69, 9.17) is 17.3 Å². The number of fused-ring (bicyclic) bond motifs is 1. The lowest BCUT2D eigenvalue weighted by molar-refractivity contribution is 0.929. The third kappa shape index (κ3) is 1.64. The molecule has 0 atom stereocenters. The third-order valence-electron chi connectivity index (χ3n) is 2.93. The number of aryl methyl sites for hydroxylation is 2. The minimum Gasteiger partial charge on any atom is -0.358 e. The minimum absolute atomic E-state index is 0.667. The van der Waals surface area contributed by atoms with E-state index in [0.29, 0.717) is 6.54 Å². The number of halogens is 1. The second kappa shape index (κ2) is 3.87. The molecular formula is C12H15ClN2. The summed E-state index contributed by atoms with van der Waals surface area (Å²) >= 11 is 6.08. The first kappa shape index (κ1) is 10.5. The summed E-state index contributed by atoms with van der Waals surface area (Å²) in [5, 5.41) is 2.06. The van der Waals surface area contributed by atoms with Crippen LogP contribution >= 0.6 is 11.6 Å². The zero-order chi connectivity index (χ0) is 11.0. The van der Waals surface area contributed by atoms with E-state index < -0.39 is 0 Å². The van der Waals surface area contributed by atoms with Crippen LogP contribution in [-0.2, 0) is 6.42 Å². The summed E-state index contributed by atoms with van der Waals surface area (Å²) in [4.78, 5) is 3.41. The molecule has 3 heteroatoms. The Hall–Kier alpha value is -0.990. The molecule has 0 unspecified atom stereocenters. The van der Waals surface area contributed by atoms with Gasteiger partial charge in [-0.2, -0.15) is 0 Å². The highest BCUT2D eigenvalue weighted by Crippen LogP contribution is 2.28. The van der Waals surface area contributed by atoms with E-state index in [2.05, 4.69) is 18.0 Å². The van der Waals surface area contributed by atoms with Gasteiger partial charge in [0.15, 0.2) is 0 Å². The van der Waals surface area contributed by atoms with Crippen LogP contribution in [0.2, 0.25) is 5.02 Å². The molecule has 2 aromatic rings. The molecule has 1 heterocycles. The lowest BCUT2D eigenvalue weighted by Gasteiger charge is -1.98. The number of H-pyrrole nitrogens is 1. The van der Waals surface area contributed by atoms with Crippen LogP contribution < -0.4 is 5.73 Å². The van der Waals surface area contributed by atoms with Gasteiger partial charge in [-0.05, 0) is 37.6 Å². The molecule has 80 valence electrons. The van der Waals surface area contributed by atoms with Gasteiger partial charge in [-0.3, -0.25) is 0 Å². The number of hydrogen-bond acceptors (Lipinski definition) is 1. The molecule has 1 aromatic heterocycles. The van der Waals surface area contributed by atoms with E-state index in [0.717, 1.165) is 22.5 Å². The maximum absolute atomic E-state index is 6.08. The molecule has 0 aliphatic heterocycles. The molecule has 0 amide bonds. The van der Waals surface area contributed by atoms with Crippen molar-refractivity contribution in [3.05, 3.63) is 34.0 Å². The van der Waals surface area contributed by atoms with Gasteiger partial charge in [0.05, 0.1) is 5.52 Å². The fourth-order valence-electron chi connectivity index (χ4n) is 1.96. The van der Waals surface area contributed by atoms with Crippen molar-refractivity contribution in [3.8, 4) is 0 Å². The fraction of sp³-hybridized carbons (Fsp3) is 0.333. The Morgan fingerprint density at radius 2 is 2.00 bits per heavy atom. The van der Waals surface area contributed by atoms with Crippen LogP contribution in [0.15, 0.2) is 12.1 Å². The van der Waals surface area contributed by atoms with Gasteiger partial charge in [-0.25, -0.2) is 0 Å². The lowest BCUT2D eigenvalue weighted by atomic mass is 10.1. The molecule has 0 aliphatic carbocycles. The zero-order valence-corrected chi connectivity index (χ0v) is 9.78. The SMILES string of the molecule is Cc1c(CCN)[nH]c2c(C)c(Cl)ccc12. The van der Waals surface area contributed by atoms with Gasteiger partial charge in [0.1, 0.15) is 0 Å². The number of nitrogens with two attached hydrogens (primary N) is 1. The van der Waals surface area contributed by atoms with Crippen molar-refractivity contribution in [2.75, 3.05) is 6.54 Å². The summed E-state index contributed by atoms with van der Waals surface area (Å²) in [5.74, 6) is 0. The first-order valence-corrected chi connectivity index (χ1v) is 5.49. The number of benzene rings is 1. The molecule has 0 saturated carbocycles. The van der Waals surface area contributed by atoms with E-state index in [1.165, 1.54) is 16.6 Å². The highest BCUT2D eigenvalue weighted by Gasteiger charge is 2.09. The quantitative estimate of drug-likeness (QED) is 0.806. The molecule has 0 aliphatic rings. The van der Waals surface area contributed by atoms with Gasteiger partial charge in [-0.15, -0.1) is 0 Å². The largest absolute Gasteiger partial charge is 0.358 e. The fourth-order valence-corrected chi connectivity index (χ4v) is 2.12. The normalized spacial score (nSPS) is 11.2. The molecule has 2 rings (SSSR count). The monoisotopic (exact) mass is 222 g/mol. The van der Waals surface area contributed by atoms with Crippen LogP contribution in [0.3, 0.4) is 0 Å². The minimum atomic E-state index is 0.667. The summed E-state index contributed by atoms with van der Waals surface area (Å²) < 4.78 is 0. The van der Waals surface area contributed by atoms with Gasteiger partial charge in [-0.1, -0.05) is 17.7 Å². The van der Waals surface area contributed by atoms with Gasteiger partial charge in [0.2, 0.25) is 0 Å². The van der Waals surface area contributed by atoms with Gasteiger partial charge in [0.25, 0.3) is 0 Å². The predicted octanol–water partition coefficient (Wildman–Crippen LogP) is 2.94. The topological polar surface area (TPSA) is 41.8 Å². The highest BCUT2D eigenvalue weighted by molar-refractivity contribution is 6.32. The van der Waals surface area contributed by atoms with Gasteiger partial charge >= 0.3 is 0 Å². The predicted molar refractivity (Wildman–Crippen MR) is 65.5 cm³/mol. The highest BCUT2D eigenvalue weighted by atomic mass is 35.5. The van der Waals surface area contributed by atoms with Crippen molar-refractivity contribution >= 4 is 22.5 Å². The van der Waals surface area contributed by atoms with Crippen molar-refractivity contribution in [3.63, 3.8) is 0 Å². The van der Waals surface area contributed by atoms with Crippen molar-refractivity contribution in [1.29, 1.82) is 0 Å². The molecule has 0 fully saturated rings. The number of rotatable bonds is 2. The van der Waals surface area contributed by atoms with Crippen LogP contribution in [0.5, 0.6) is 0 Å². The van der Waals surface area contributed by atoms with E-state index >= 15 is 0 Å². The van der Waals surface area contributed by atoms with Crippen molar-refractivity contribution in [1.82, 2.24) is 4.98 Å². The number of nitrogens with one attached hydrogen (secondary N) is 1. The molecule has 0 bridgehead atoms. The van der Waals surface area contributed by atoms with E-state index in [1.54, 1.807) is 0 Å². The summed E-state index contributed by atoms with van der Waals surface area (Å²) in [6.07, 6.45) is 0.886. The Morgan fingerprint density at radius 3 is 2.67 bits per heavy atom. The van der Waals surface area contributed by atoms with Gasteiger partial charge in [0, 0.05) is 22.5 Å². The van der Waals surface area contributed by atoms with Crippen LogP contribution in [-0.4, -0.2) is 11.5 Å². The standard InChI is InChI=1S/C12H15ClN2/c1-7-9-3-4-10(13)8(2)12(9)15-11(7)5-6-14/h3-4,15H,5-6,14H2,1-2H3. The first-order valence-electron chi connectivity index (χ1n) is 5.11. The van der Waals surface area contributed by atoms with Gasteiger partial charge < -0.3 is 10.7 Å². The summed E-state index contributed by atoms with van der Waals surface area (Å²) in [6, 6.07) is 4.02. The number of hydrogen-bond donors (Lipinski definition) is 2. The molecule has 0 saturated heterocycles. The van der Waals surface area contributed by atoms with E-state index in [-0.39, 0.29) is 0 Å². The molecule has 2 nitrogen and oxygen atoms in total.